The fourth-order valence-electron chi connectivity index (χ4n) is 6.11. The SMILES string of the molecule is COc1ccc(Oc2ccc(NC(=O)[C@H](C)N3C(=O)[C@@H]4[C@H]5C=C[C@@H]([C@@H]6C[C@H]56)[C@@H]4C3=O)cc2)cc1. The van der Waals surface area contributed by atoms with Crippen LogP contribution in [0.1, 0.15) is 13.3 Å². The third-order valence-electron chi connectivity index (χ3n) is 7.88. The first-order valence-corrected chi connectivity index (χ1v) is 11.7. The number of hydrogen-bond acceptors (Lipinski definition) is 5. The summed E-state index contributed by atoms with van der Waals surface area (Å²) in [6.45, 7) is 1.62. The molecule has 7 rings (SSSR count). The van der Waals surface area contributed by atoms with E-state index in [0.717, 1.165) is 12.2 Å². The van der Waals surface area contributed by atoms with E-state index in [1.165, 1.54) is 4.90 Å². The number of imide groups is 1. The number of rotatable bonds is 6. The highest BCUT2D eigenvalue weighted by atomic mass is 16.5. The first kappa shape index (κ1) is 21.0. The van der Waals surface area contributed by atoms with Crippen molar-refractivity contribution >= 4 is 23.4 Å². The van der Waals surface area contributed by atoms with Crippen molar-refractivity contribution in [2.75, 3.05) is 12.4 Å². The van der Waals surface area contributed by atoms with Crippen LogP contribution in [0.15, 0.2) is 60.7 Å². The molecular formula is C27H26N2O5. The van der Waals surface area contributed by atoms with E-state index >= 15 is 0 Å². The highest BCUT2D eigenvalue weighted by Gasteiger charge is 2.67. The van der Waals surface area contributed by atoms with E-state index < -0.39 is 6.04 Å². The second-order valence-corrected chi connectivity index (χ2v) is 9.67. The lowest BCUT2D eigenvalue weighted by atomic mass is 9.63. The predicted molar refractivity (Wildman–Crippen MR) is 124 cm³/mol. The van der Waals surface area contributed by atoms with Gasteiger partial charge in [-0.3, -0.25) is 19.3 Å². The quantitative estimate of drug-likeness (QED) is 0.525. The summed E-state index contributed by atoms with van der Waals surface area (Å²) < 4.78 is 11.0. The molecular weight excluding hydrogens is 432 g/mol. The third kappa shape index (κ3) is 3.22. The van der Waals surface area contributed by atoms with Crippen LogP contribution in [0.4, 0.5) is 5.69 Å². The number of nitrogens with zero attached hydrogens (tertiary/aromatic N) is 1. The number of nitrogens with one attached hydrogen (secondary N) is 1. The molecule has 1 saturated heterocycles. The van der Waals surface area contributed by atoms with Crippen molar-refractivity contribution in [1.29, 1.82) is 0 Å². The number of allylic oxidation sites excluding steroid dienone is 2. The van der Waals surface area contributed by atoms with Crippen molar-refractivity contribution < 1.29 is 23.9 Å². The molecule has 174 valence electrons. The van der Waals surface area contributed by atoms with E-state index in [1.807, 2.05) is 24.3 Å². The zero-order valence-corrected chi connectivity index (χ0v) is 19.0. The maximum atomic E-state index is 13.2. The molecule has 2 saturated carbocycles. The van der Waals surface area contributed by atoms with Gasteiger partial charge < -0.3 is 14.8 Å². The number of anilines is 1. The van der Waals surface area contributed by atoms with Crippen molar-refractivity contribution in [3.8, 4) is 17.2 Å². The van der Waals surface area contributed by atoms with Crippen LogP contribution >= 0.6 is 0 Å². The standard InChI is InChI=1S/C27H26N2O5/c1-14(29-26(31)23-19-11-12-20(22-13-21(19)22)24(23)27(29)32)25(30)28-15-3-5-17(6-4-15)34-18-9-7-16(33-2)8-10-18/h3-12,14,19-24H,13H2,1-2H3,(H,28,30)/t14-,19-,20-,21-,22+,23-,24+/m0/s1. The lowest BCUT2D eigenvalue weighted by Gasteiger charge is -2.37. The Bertz CT molecular complexity index is 1150. The van der Waals surface area contributed by atoms with Gasteiger partial charge in [-0.1, -0.05) is 12.2 Å². The van der Waals surface area contributed by atoms with Crippen LogP contribution in [-0.2, 0) is 14.4 Å². The number of ether oxygens (including phenoxy) is 2. The first-order chi connectivity index (χ1) is 16.5. The van der Waals surface area contributed by atoms with Gasteiger partial charge in [-0.15, -0.1) is 0 Å². The van der Waals surface area contributed by atoms with Crippen molar-refractivity contribution in [3.63, 3.8) is 0 Å². The first-order valence-electron chi connectivity index (χ1n) is 11.7. The Morgan fingerprint density at radius 2 is 1.38 bits per heavy atom. The summed E-state index contributed by atoms with van der Waals surface area (Å²) >= 11 is 0. The van der Waals surface area contributed by atoms with Crippen molar-refractivity contribution in [1.82, 2.24) is 4.90 Å². The molecule has 7 nitrogen and oxygen atoms in total. The minimum atomic E-state index is -0.864. The summed E-state index contributed by atoms with van der Waals surface area (Å²) in [6.07, 6.45) is 5.38. The zero-order valence-electron chi connectivity index (χ0n) is 19.0. The van der Waals surface area contributed by atoms with Gasteiger partial charge in [-0.25, -0.2) is 0 Å². The number of amides is 3. The summed E-state index contributed by atoms with van der Waals surface area (Å²) in [5.74, 6) is 2.05. The zero-order chi connectivity index (χ0) is 23.6. The highest BCUT2D eigenvalue weighted by molar-refractivity contribution is 6.10. The lowest BCUT2D eigenvalue weighted by Crippen LogP contribution is -2.46. The van der Waals surface area contributed by atoms with E-state index in [2.05, 4.69) is 17.5 Å². The Morgan fingerprint density at radius 1 is 0.882 bits per heavy atom. The van der Waals surface area contributed by atoms with Crippen molar-refractivity contribution in [2.24, 2.45) is 35.5 Å². The summed E-state index contributed by atoms with van der Waals surface area (Å²) in [4.78, 5) is 40.6. The van der Waals surface area contributed by atoms with Gasteiger partial charge in [0, 0.05) is 5.69 Å². The molecule has 1 heterocycles. The van der Waals surface area contributed by atoms with Crippen LogP contribution in [-0.4, -0.2) is 35.8 Å². The Morgan fingerprint density at radius 3 is 1.91 bits per heavy atom. The van der Waals surface area contributed by atoms with E-state index in [0.29, 0.717) is 29.0 Å². The minimum absolute atomic E-state index is 0.148. The predicted octanol–water partition coefficient (Wildman–Crippen LogP) is 3.87. The number of carbonyl (C=O) groups excluding carboxylic acids is 3. The molecule has 7 heteroatoms. The number of likely N-dealkylation sites (tertiary alicyclic amines) is 1. The van der Waals surface area contributed by atoms with Gasteiger partial charge in [0.1, 0.15) is 23.3 Å². The van der Waals surface area contributed by atoms with Gasteiger partial charge in [0.25, 0.3) is 0 Å². The molecule has 0 spiro atoms. The molecule has 2 bridgehead atoms. The number of methoxy groups -OCH3 is 1. The van der Waals surface area contributed by atoms with Gasteiger partial charge in [0.2, 0.25) is 17.7 Å². The van der Waals surface area contributed by atoms with Gasteiger partial charge in [0.15, 0.2) is 0 Å². The van der Waals surface area contributed by atoms with E-state index in [4.69, 9.17) is 9.47 Å². The van der Waals surface area contributed by atoms with Gasteiger partial charge in [-0.2, -0.15) is 0 Å². The Kier molecular flexibility index (Phi) is 4.76. The Balaban J connectivity index is 1.11. The second kappa shape index (κ2) is 7.72. The van der Waals surface area contributed by atoms with Crippen LogP contribution < -0.4 is 14.8 Å². The molecule has 2 aromatic carbocycles. The molecule has 34 heavy (non-hydrogen) atoms. The van der Waals surface area contributed by atoms with Gasteiger partial charge in [-0.05, 0) is 85.5 Å². The van der Waals surface area contributed by atoms with Crippen LogP contribution in [0.3, 0.4) is 0 Å². The fourth-order valence-corrected chi connectivity index (χ4v) is 6.11. The van der Waals surface area contributed by atoms with E-state index in [-0.39, 0.29) is 41.4 Å². The van der Waals surface area contributed by atoms with E-state index in [9.17, 15) is 14.4 Å². The van der Waals surface area contributed by atoms with Crippen LogP contribution in [0.2, 0.25) is 0 Å². The van der Waals surface area contributed by atoms with Crippen LogP contribution in [0.25, 0.3) is 0 Å². The maximum Gasteiger partial charge on any atom is 0.247 e. The topological polar surface area (TPSA) is 84.9 Å². The minimum Gasteiger partial charge on any atom is -0.497 e. The molecule has 5 aliphatic rings. The van der Waals surface area contributed by atoms with Crippen LogP contribution in [0.5, 0.6) is 17.2 Å². The third-order valence-corrected chi connectivity index (χ3v) is 7.88. The smallest absolute Gasteiger partial charge is 0.247 e. The van der Waals surface area contributed by atoms with Gasteiger partial charge >= 0.3 is 0 Å². The molecule has 3 amide bonds. The summed E-state index contributed by atoms with van der Waals surface area (Å²) in [7, 11) is 1.61. The molecule has 1 aliphatic heterocycles. The lowest BCUT2D eigenvalue weighted by molar-refractivity contribution is -0.146. The number of hydrogen-bond donors (Lipinski definition) is 1. The fraction of sp³-hybridized carbons (Fsp3) is 0.370. The summed E-state index contributed by atoms with van der Waals surface area (Å²) in [6, 6.07) is 13.3. The molecule has 0 radical (unpaired) electrons. The monoisotopic (exact) mass is 458 g/mol. The molecule has 7 atom stereocenters. The second-order valence-electron chi connectivity index (χ2n) is 9.67. The maximum absolute atomic E-state index is 13.2. The molecule has 0 aromatic heterocycles. The molecule has 2 aromatic rings. The van der Waals surface area contributed by atoms with Crippen LogP contribution in [0, 0.1) is 35.5 Å². The molecule has 3 fully saturated rings. The molecule has 4 aliphatic carbocycles. The average Bonchev–Trinajstić information content (AvgIpc) is 3.63. The molecule has 0 unspecified atom stereocenters. The molecule has 1 N–H and O–H groups in total. The largest absolute Gasteiger partial charge is 0.497 e. The van der Waals surface area contributed by atoms with Crippen molar-refractivity contribution in [3.05, 3.63) is 60.7 Å². The Labute approximate surface area is 197 Å². The summed E-state index contributed by atoms with van der Waals surface area (Å²) in [5.41, 5.74) is 0.568. The summed E-state index contributed by atoms with van der Waals surface area (Å²) in [5, 5.41) is 2.83. The normalized spacial score (nSPS) is 31.1. The average molecular weight is 459 g/mol. The van der Waals surface area contributed by atoms with Gasteiger partial charge in [0.05, 0.1) is 18.9 Å². The van der Waals surface area contributed by atoms with Crippen molar-refractivity contribution in [2.45, 2.75) is 19.4 Å². The number of benzene rings is 2. The van der Waals surface area contributed by atoms with E-state index in [1.54, 1.807) is 38.3 Å². The Hall–Kier alpha value is -3.61. The number of carbonyl (C=O) groups is 3. The highest BCUT2D eigenvalue weighted by Crippen LogP contribution is 2.65.